The molecule has 5 nitrogen and oxygen atoms in total. The fraction of sp³-hybridized carbons (Fsp3) is 0.286. The average Bonchev–Trinajstić information content (AvgIpc) is 2.58. The molecule has 2 aromatic rings. The van der Waals surface area contributed by atoms with Crippen molar-refractivity contribution < 1.29 is 9.59 Å². The van der Waals surface area contributed by atoms with Crippen LogP contribution in [-0.4, -0.2) is 18.4 Å². The average molecular weight is 349 g/mol. The number of rotatable bonds is 5. The van der Waals surface area contributed by atoms with Crippen LogP contribution < -0.4 is 10.2 Å². The molecular weight excluding hydrogens is 326 g/mol. The predicted molar refractivity (Wildman–Crippen MR) is 103 cm³/mol. The number of hydrogen-bond donors (Lipinski definition) is 1. The van der Waals surface area contributed by atoms with Gasteiger partial charge in [-0.15, -0.1) is 0 Å². The third-order valence-corrected chi connectivity index (χ3v) is 4.19. The van der Waals surface area contributed by atoms with Crippen molar-refractivity contribution in [1.82, 2.24) is 0 Å². The Labute approximate surface area is 154 Å². The van der Waals surface area contributed by atoms with Crippen LogP contribution in [0.3, 0.4) is 0 Å². The summed E-state index contributed by atoms with van der Waals surface area (Å²) < 4.78 is 0. The second kappa shape index (κ2) is 8.30. The molecule has 0 atom stereocenters. The maximum atomic E-state index is 12.4. The number of carbonyl (C=O) groups is 2. The molecule has 0 aromatic heterocycles. The summed E-state index contributed by atoms with van der Waals surface area (Å²) in [5.41, 5.74) is 5.22. The van der Waals surface area contributed by atoms with Gasteiger partial charge in [-0.05, 0) is 56.2 Å². The lowest BCUT2D eigenvalue weighted by Gasteiger charge is -2.21. The molecule has 0 fully saturated rings. The lowest BCUT2D eigenvalue weighted by Crippen LogP contribution is -2.32. The summed E-state index contributed by atoms with van der Waals surface area (Å²) in [6, 6.07) is 12.8. The van der Waals surface area contributed by atoms with Crippen molar-refractivity contribution in [3.05, 3.63) is 58.7 Å². The number of carbonyl (C=O) groups excluding carboxylic acids is 2. The van der Waals surface area contributed by atoms with E-state index in [0.29, 0.717) is 11.3 Å². The van der Waals surface area contributed by atoms with Crippen LogP contribution in [0.2, 0.25) is 0 Å². The number of anilines is 2. The molecule has 0 saturated carbocycles. The molecule has 26 heavy (non-hydrogen) atoms. The largest absolute Gasteiger partial charge is 0.326 e. The number of benzene rings is 2. The van der Waals surface area contributed by atoms with Crippen molar-refractivity contribution in [2.75, 3.05) is 16.8 Å². The van der Waals surface area contributed by atoms with Gasteiger partial charge in [0, 0.05) is 31.3 Å². The standard InChI is InChI=1S/C21H23N3O2/c1-14-11-15(2)21(16(3)12-14)23-20(26)9-10-24(17(4)25)19-7-5-18(13-22)6-8-19/h5-8,11-12H,9-10H2,1-4H3,(H,23,26). The molecule has 5 heteroatoms. The third kappa shape index (κ3) is 4.70. The zero-order chi connectivity index (χ0) is 19.3. The van der Waals surface area contributed by atoms with Crippen molar-refractivity contribution in [2.24, 2.45) is 0 Å². The SMILES string of the molecule is CC(=O)N(CCC(=O)Nc1c(C)cc(C)cc1C)c1ccc(C#N)cc1. The molecule has 0 bridgehead atoms. The Morgan fingerprint density at radius 3 is 2.15 bits per heavy atom. The molecule has 0 saturated heterocycles. The van der Waals surface area contributed by atoms with E-state index < -0.39 is 0 Å². The van der Waals surface area contributed by atoms with Crippen LogP contribution in [0.15, 0.2) is 36.4 Å². The van der Waals surface area contributed by atoms with E-state index in [1.165, 1.54) is 11.8 Å². The van der Waals surface area contributed by atoms with Gasteiger partial charge in [0.1, 0.15) is 0 Å². The number of amides is 2. The normalized spacial score (nSPS) is 10.1. The summed E-state index contributed by atoms with van der Waals surface area (Å²) >= 11 is 0. The number of nitrogens with one attached hydrogen (secondary N) is 1. The first-order chi connectivity index (χ1) is 12.3. The van der Waals surface area contributed by atoms with E-state index in [1.807, 2.05) is 39.0 Å². The van der Waals surface area contributed by atoms with E-state index in [4.69, 9.17) is 5.26 Å². The van der Waals surface area contributed by atoms with Gasteiger partial charge in [0.15, 0.2) is 0 Å². The van der Waals surface area contributed by atoms with Gasteiger partial charge in [-0.25, -0.2) is 0 Å². The minimum Gasteiger partial charge on any atom is -0.326 e. The van der Waals surface area contributed by atoms with Gasteiger partial charge < -0.3 is 10.2 Å². The maximum Gasteiger partial charge on any atom is 0.226 e. The number of hydrogen-bond acceptors (Lipinski definition) is 3. The molecule has 0 aliphatic carbocycles. The predicted octanol–water partition coefficient (Wildman–Crippen LogP) is 3.87. The zero-order valence-corrected chi connectivity index (χ0v) is 15.6. The summed E-state index contributed by atoms with van der Waals surface area (Å²) in [5, 5.41) is 11.8. The van der Waals surface area contributed by atoms with E-state index >= 15 is 0 Å². The van der Waals surface area contributed by atoms with E-state index in [-0.39, 0.29) is 24.8 Å². The van der Waals surface area contributed by atoms with Gasteiger partial charge in [-0.1, -0.05) is 17.7 Å². The lowest BCUT2D eigenvalue weighted by molar-refractivity contribution is -0.117. The number of nitriles is 1. The summed E-state index contributed by atoms with van der Waals surface area (Å²) in [6.07, 6.45) is 0.187. The van der Waals surface area contributed by atoms with E-state index in [1.54, 1.807) is 24.3 Å². The van der Waals surface area contributed by atoms with Crippen molar-refractivity contribution >= 4 is 23.2 Å². The molecule has 134 valence electrons. The van der Waals surface area contributed by atoms with Crippen LogP contribution in [0, 0.1) is 32.1 Å². The van der Waals surface area contributed by atoms with Crippen molar-refractivity contribution in [1.29, 1.82) is 5.26 Å². The van der Waals surface area contributed by atoms with Crippen LogP contribution in [0.25, 0.3) is 0 Å². The second-order valence-electron chi connectivity index (χ2n) is 6.40. The molecule has 2 amide bonds. The summed E-state index contributed by atoms with van der Waals surface area (Å²) in [7, 11) is 0. The van der Waals surface area contributed by atoms with Crippen LogP contribution in [0.5, 0.6) is 0 Å². The summed E-state index contributed by atoms with van der Waals surface area (Å²) in [6.45, 7) is 7.69. The molecule has 2 rings (SSSR count). The zero-order valence-electron chi connectivity index (χ0n) is 15.6. The van der Waals surface area contributed by atoms with Crippen LogP contribution >= 0.6 is 0 Å². The first-order valence-corrected chi connectivity index (χ1v) is 8.47. The lowest BCUT2D eigenvalue weighted by atomic mass is 10.0. The summed E-state index contributed by atoms with van der Waals surface area (Å²) in [5.74, 6) is -0.287. The molecule has 0 unspecified atom stereocenters. The van der Waals surface area contributed by atoms with E-state index in [2.05, 4.69) is 5.32 Å². The topological polar surface area (TPSA) is 73.2 Å². The van der Waals surface area contributed by atoms with Crippen molar-refractivity contribution in [3.63, 3.8) is 0 Å². The summed E-state index contributed by atoms with van der Waals surface area (Å²) in [4.78, 5) is 25.9. The molecule has 0 aliphatic heterocycles. The Bertz CT molecular complexity index is 841. The third-order valence-electron chi connectivity index (χ3n) is 4.19. The smallest absolute Gasteiger partial charge is 0.226 e. The molecule has 1 N–H and O–H groups in total. The van der Waals surface area contributed by atoms with Gasteiger partial charge in [-0.3, -0.25) is 9.59 Å². The first kappa shape index (κ1) is 19.2. The second-order valence-corrected chi connectivity index (χ2v) is 6.40. The minimum absolute atomic E-state index is 0.139. The highest BCUT2D eigenvalue weighted by Gasteiger charge is 2.15. The van der Waals surface area contributed by atoms with E-state index in [9.17, 15) is 9.59 Å². The van der Waals surface area contributed by atoms with Crippen LogP contribution in [-0.2, 0) is 9.59 Å². The minimum atomic E-state index is -0.148. The number of nitrogens with zero attached hydrogens (tertiary/aromatic N) is 2. The molecule has 0 spiro atoms. The van der Waals surface area contributed by atoms with Crippen molar-refractivity contribution in [3.8, 4) is 6.07 Å². The molecule has 2 aromatic carbocycles. The number of aryl methyl sites for hydroxylation is 3. The molecular formula is C21H23N3O2. The van der Waals surface area contributed by atoms with Gasteiger partial charge in [0.25, 0.3) is 0 Å². The fourth-order valence-electron chi connectivity index (χ4n) is 2.98. The van der Waals surface area contributed by atoms with Crippen LogP contribution in [0.4, 0.5) is 11.4 Å². The highest BCUT2D eigenvalue weighted by Crippen LogP contribution is 2.22. The van der Waals surface area contributed by atoms with Crippen LogP contribution in [0.1, 0.15) is 35.6 Å². The Hall–Kier alpha value is -3.13. The van der Waals surface area contributed by atoms with Crippen molar-refractivity contribution in [2.45, 2.75) is 34.1 Å². The Balaban J connectivity index is 2.06. The molecule has 0 radical (unpaired) electrons. The van der Waals surface area contributed by atoms with Gasteiger partial charge in [0.05, 0.1) is 11.6 Å². The van der Waals surface area contributed by atoms with Gasteiger partial charge in [-0.2, -0.15) is 5.26 Å². The Morgan fingerprint density at radius 2 is 1.65 bits per heavy atom. The quantitative estimate of drug-likeness (QED) is 0.890. The monoisotopic (exact) mass is 349 g/mol. The maximum absolute atomic E-state index is 12.4. The highest BCUT2D eigenvalue weighted by molar-refractivity contribution is 5.95. The fourth-order valence-corrected chi connectivity index (χ4v) is 2.98. The highest BCUT2D eigenvalue weighted by atomic mass is 16.2. The van der Waals surface area contributed by atoms with Gasteiger partial charge >= 0.3 is 0 Å². The van der Waals surface area contributed by atoms with Gasteiger partial charge in [0.2, 0.25) is 11.8 Å². The molecule has 0 aliphatic rings. The Morgan fingerprint density at radius 1 is 1.08 bits per heavy atom. The van der Waals surface area contributed by atoms with E-state index in [0.717, 1.165) is 22.4 Å². The Kier molecular flexibility index (Phi) is 6.13. The molecule has 0 heterocycles. The first-order valence-electron chi connectivity index (χ1n) is 8.47.